The van der Waals surface area contributed by atoms with Crippen LogP contribution in [0, 0.1) is 0 Å². The molecular weight excluding hydrogens is 521 g/mol. The Balaban J connectivity index is 1.90. The van der Waals surface area contributed by atoms with E-state index in [0.717, 1.165) is 11.3 Å². The van der Waals surface area contributed by atoms with Gasteiger partial charge < -0.3 is 10.5 Å². The zero-order valence-corrected chi connectivity index (χ0v) is 19.9. The molecule has 3 aromatic rings. The molecule has 0 aliphatic carbocycles. The highest BCUT2D eigenvalue weighted by molar-refractivity contribution is 7.94. The molecule has 32 heavy (non-hydrogen) atoms. The lowest BCUT2D eigenvalue weighted by Gasteiger charge is -2.15. The minimum Gasteiger partial charge on any atom is -0.484 e. The van der Waals surface area contributed by atoms with Crippen LogP contribution in [0.3, 0.4) is 0 Å². The van der Waals surface area contributed by atoms with Crippen molar-refractivity contribution in [1.29, 1.82) is 0 Å². The predicted molar refractivity (Wildman–Crippen MR) is 124 cm³/mol. The molecule has 1 amide bonds. The number of ether oxygens (including phenoxy) is 1. The number of sulfonamides is 2. The summed E-state index contributed by atoms with van der Waals surface area (Å²) in [6.45, 7) is -0.360. The van der Waals surface area contributed by atoms with Crippen molar-refractivity contribution in [2.45, 2.75) is 9.10 Å². The molecule has 14 heteroatoms. The third kappa shape index (κ3) is 5.84. The second-order valence-corrected chi connectivity index (χ2v) is 11.5. The van der Waals surface area contributed by atoms with E-state index in [9.17, 15) is 21.6 Å². The molecule has 0 saturated heterocycles. The number of thiophene rings is 1. The molecule has 0 spiro atoms. The van der Waals surface area contributed by atoms with Crippen LogP contribution >= 0.6 is 34.5 Å². The zero-order chi connectivity index (χ0) is 23.5. The number of nitrogens with one attached hydrogen (secondary N) is 2. The summed E-state index contributed by atoms with van der Waals surface area (Å²) in [6, 6.07) is 10.5. The van der Waals surface area contributed by atoms with Crippen LogP contribution in [0.5, 0.6) is 5.75 Å². The van der Waals surface area contributed by atoms with Crippen molar-refractivity contribution in [3.8, 4) is 5.75 Å². The minimum atomic E-state index is -4.15. The molecule has 0 radical (unpaired) electrons. The molecule has 0 fully saturated rings. The van der Waals surface area contributed by atoms with Crippen molar-refractivity contribution in [2.24, 2.45) is 5.73 Å². The number of nitrogens with two attached hydrogens (primary N) is 1. The lowest BCUT2D eigenvalue weighted by Crippen LogP contribution is -2.20. The van der Waals surface area contributed by atoms with Crippen LogP contribution in [0.4, 0.5) is 11.4 Å². The molecule has 0 aliphatic heterocycles. The van der Waals surface area contributed by atoms with E-state index < -0.39 is 26.0 Å². The summed E-state index contributed by atoms with van der Waals surface area (Å²) in [6.07, 6.45) is 0. The minimum absolute atomic E-state index is 0.0126. The number of benzene rings is 2. The fourth-order valence-corrected chi connectivity index (χ4v) is 5.86. The Bertz CT molecular complexity index is 1340. The second-order valence-electron chi connectivity index (χ2n) is 6.18. The van der Waals surface area contributed by atoms with Crippen LogP contribution in [0.2, 0.25) is 10.0 Å². The first-order chi connectivity index (χ1) is 15.0. The molecule has 2 aromatic carbocycles. The monoisotopic (exact) mass is 535 g/mol. The fourth-order valence-electron chi connectivity index (χ4n) is 2.40. The number of carbonyl (C=O) groups excluding carboxylic acids is 1. The molecule has 0 aliphatic rings. The van der Waals surface area contributed by atoms with Gasteiger partial charge in [-0.05, 0) is 47.8 Å². The van der Waals surface area contributed by atoms with Gasteiger partial charge in [0.25, 0.3) is 26.0 Å². The molecule has 0 bridgehead atoms. The van der Waals surface area contributed by atoms with Crippen molar-refractivity contribution < 1.29 is 26.4 Å². The van der Waals surface area contributed by atoms with Gasteiger partial charge in [0.1, 0.15) is 9.96 Å². The molecule has 0 unspecified atom stereocenters. The predicted octanol–water partition coefficient (Wildman–Crippen LogP) is 3.52. The Morgan fingerprint density at radius 3 is 2.00 bits per heavy atom. The van der Waals surface area contributed by atoms with Crippen LogP contribution in [0.25, 0.3) is 0 Å². The van der Waals surface area contributed by atoms with Gasteiger partial charge >= 0.3 is 0 Å². The first-order valence-electron chi connectivity index (χ1n) is 8.57. The van der Waals surface area contributed by atoms with Crippen LogP contribution in [0.1, 0.15) is 0 Å². The number of anilines is 2. The number of amides is 1. The van der Waals surface area contributed by atoms with E-state index in [2.05, 4.69) is 9.44 Å². The van der Waals surface area contributed by atoms with Gasteiger partial charge in [-0.3, -0.25) is 14.2 Å². The highest BCUT2D eigenvalue weighted by Gasteiger charge is 2.22. The Labute approximate surface area is 198 Å². The number of carbonyl (C=O) groups is 1. The van der Waals surface area contributed by atoms with Gasteiger partial charge in [0.15, 0.2) is 6.61 Å². The van der Waals surface area contributed by atoms with Crippen molar-refractivity contribution in [1.82, 2.24) is 0 Å². The van der Waals surface area contributed by atoms with E-state index >= 15 is 0 Å². The van der Waals surface area contributed by atoms with Gasteiger partial charge in [-0.15, -0.1) is 11.3 Å². The van der Waals surface area contributed by atoms with Gasteiger partial charge in [-0.1, -0.05) is 29.3 Å². The quantitative estimate of drug-likeness (QED) is 0.382. The van der Waals surface area contributed by atoms with E-state index in [1.165, 1.54) is 42.5 Å². The van der Waals surface area contributed by atoms with E-state index in [1.54, 1.807) is 11.4 Å². The van der Waals surface area contributed by atoms with Gasteiger partial charge in [0.2, 0.25) is 0 Å². The first-order valence-corrected chi connectivity index (χ1v) is 13.2. The number of hydrogen-bond acceptors (Lipinski definition) is 7. The SMILES string of the molecule is NC(=O)COc1ccc(S(=O)(=O)Nc2cc(Cl)c(Cl)cc2NS(=O)(=O)c2cccs2)cc1. The van der Waals surface area contributed by atoms with Gasteiger partial charge in [0, 0.05) is 0 Å². The third-order valence-corrected chi connectivity index (χ3v) is 8.69. The standard InChI is InChI=1S/C18H15Cl2N3O6S3/c19-13-8-15(16(9-14(13)20)23-32(27,28)18-2-1-7-30-18)22-31(25,26)12-5-3-11(4-6-12)29-10-17(21)24/h1-9,22-23H,10H2,(H2,21,24). The molecule has 4 N–H and O–H groups in total. The van der Waals surface area contributed by atoms with Gasteiger partial charge in [-0.2, -0.15) is 0 Å². The third-order valence-electron chi connectivity index (χ3n) is 3.82. The van der Waals surface area contributed by atoms with Crippen molar-refractivity contribution in [3.63, 3.8) is 0 Å². The maximum absolute atomic E-state index is 12.8. The van der Waals surface area contributed by atoms with Gasteiger partial charge in [0.05, 0.1) is 26.3 Å². The molecule has 1 aromatic heterocycles. The summed E-state index contributed by atoms with van der Waals surface area (Å²) in [5.74, 6) is -0.442. The summed E-state index contributed by atoms with van der Waals surface area (Å²) in [5.41, 5.74) is 4.75. The highest BCUT2D eigenvalue weighted by atomic mass is 35.5. The van der Waals surface area contributed by atoms with E-state index in [4.69, 9.17) is 33.7 Å². The molecule has 0 saturated carbocycles. The molecule has 1 heterocycles. The van der Waals surface area contributed by atoms with E-state index in [0.29, 0.717) is 0 Å². The topological polar surface area (TPSA) is 145 Å². The van der Waals surface area contributed by atoms with Crippen LogP contribution in [-0.2, 0) is 24.8 Å². The highest BCUT2D eigenvalue weighted by Crippen LogP contribution is 2.35. The second kappa shape index (κ2) is 9.55. The summed E-state index contributed by atoms with van der Waals surface area (Å²) in [4.78, 5) is 10.6. The Hall–Kier alpha value is -2.51. The number of hydrogen-bond donors (Lipinski definition) is 3. The van der Waals surface area contributed by atoms with Crippen molar-refractivity contribution >= 4 is 71.9 Å². The van der Waals surface area contributed by atoms with Crippen LogP contribution in [0.15, 0.2) is 63.0 Å². The summed E-state index contributed by atoms with van der Waals surface area (Å²) in [7, 11) is -8.14. The van der Waals surface area contributed by atoms with Crippen LogP contribution < -0.4 is 19.9 Å². The lowest BCUT2D eigenvalue weighted by molar-refractivity contribution is -0.119. The Morgan fingerprint density at radius 1 is 0.938 bits per heavy atom. The number of rotatable bonds is 9. The molecule has 0 atom stereocenters. The van der Waals surface area contributed by atoms with E-state index in [1.807, 2.05) is 0 Å². The molecular formula is C18H15Cl2N3O6S3. The van der Waals surface area contributed by atoms with Crippen molar-refractivity contribution in [2.75, 3.05) is 16.1 Å². The smallest absolute Gasteiger partial charge is 0.271 e. The number of primary amides is 1. The largest absolute Gasteiger partial charge is 0.484 e. The van der Waals surface area contributed by atoms with E-state index in [-0.39, 0.29) is 42.9 Å². The normalized spacial score (nSPS) is 11.7. The first kappa shape index (κ1) is 24.1. The maximum Gasteiger partial charge on any atom is 0.271 e. The molecule has 9 nitrogen and oxygen atoms in total. The fraction of sp³-hybridized carbons (Fsp3) is 0.0556. The zero-order valence-electron chi connectivity index (χ0n) is 15.9. The van der Waals surface area contributed by atoms with Crippen LogP contribution in [-0.4, -0.2) is 29.3 Å². The van der Waals surface area contributed by atoms with Crippen molar-refractivity contribution in [3.05, 3.63) is 64.0 Å². The summed E-state index contributed by atoms with van der Waals surface area (Å²) >= 11 is 13.0. The Kier molecular flexibility index (Phi) is 7.20. The van der Waals surface area contributed by atoms with Gasteiger partial charge in [-0.25, -0.2) is 16.8 Å². The summed E-state index contributed by atoms with van der Waals surface area (Å²) < 4.78 is 60.6. The molecule has 170 valence electrons. The summed E-state index contributed by atoms with van der Waals surface area (Å²) in [5, 5.41) is 1.62. The average molecular weight is 536 g/mol. The lowest BCUT2D eigenvalue weighted by atomic mass is 10.3. The maximum atomic E-state index is 12.8. The number of halogens is 2. The molecule has 3 rings (SSSR count). The Morgan fingerprint density at radius 2 is 1.50 bits per heavy atom. The average Bonchev–Trinajstić information content (AvgIpc) is 3.26.